The maximum absolute atomic E-state index is 11.4. The van der Waals surface area contributed by atoms with E-state index in [1.54, 1.807) is 6.92 Å². The monoisotopic (exact) mass is 622 g/mol. The number of carbonyl (C=O) groups is 1. The highest BCUT2D eigenvalue weighted by molar-refractivity contribution is 7.99. The molecule has 9 heteroatoms. The first kappa shape index (κ1) is 31.6. The molecule has 1 aromatic heterocycles. The standard InChI is InChI=1S/C34H43ClN4O3S/c1-3-41-33(40)37-18-20-39(2)19-6-7-21-43-27-12-13-31(35)25(22-27)23-38-34(15-16-34)30-24-36-17-14-28(30)29-8-4-5-9-32(29)42-26-10-11-26/h4-5,8-9,12-14,17,22,24,26,38H,3,6-7,10-11,15-16,18-21,23H2,1-2H3,(H,37,40). The molecule has 2 aliphatic carbocycles. The van der Waals surface area contributed by atoms with Crippen molar-refractivity contribution in [1.82, 2.24) is 20.5 Å². The van der Waals surface area contributed by atoms with Crippen LogP contribution in [-0.2, 0) is 16.8 Å². The van der Waals surface area contributed by atoms with Crippen LogP contribution in [0, 0.1) is 0 Å². The topological polar surface area (TPSA) is 75.7 Å². The molecule has 2 saturated carbocycles. The Hall–Kier alpha value is -2.78. The van der Waals surface area contributed by atoms with Gasteiger partial charge in [0.25, 0.3) is 0 Å². The van der Waals surface area contributed by atoms with Crippen molar-refractivity contribution in [2.24, 2.45) is 0 Å². The maximum Gasteiger partial charge on any atom is 0.407 e. The van der Waals surface area contributed by atoms with E-state index < -0.39 is 0 Å². The lowest BCUT2D eigenvalue weighted by molar-refractivity contribution is 0.151. The van der Waals surface area contributed by atoms with Crippen molar-refractivity contribution in [3.8, 4) is 16.9 Å². The van der Waals surface area contributed by atoms with Crippen molar-refractivity contribution in [1.29, 1.82) is 0 Å². The number of aromatic nitrogens is 1. The van der Waals surface area contributed by atoms with Crippen LogP contribution in [0.4, 0.5) is 4.79 Å². The van der Waals surface area contributed by atoms with Gasteiger partial charge in [-0.15, -0.1) is 11.8 Å². The number of hydrogen-bond donors (Lipinski definition) is 2. The van der Waals surface area contributed by atoms with Crippen LogP contribution in [0.15, 0.2) is 65.8 Å². The molecule has 1 heterocycles. The maximum atomic E-state index is 11.4. The fraction of sp³-hybridized carbons (Fsp3) is 0.471. The van der Waals surface area contributed by atoms with Crippen LogP contribution in [0.1, 0.15) is 56.6 Å². The zero-order valence-corrected chi connectivity index (χ0v) is 26.8. The Balaban J connectivity index is 1.12. The second kappa shape index (κ2) is 15.3. The quantitative estimate of drug-likeness (QED) is 0.121. The van der Waals surface area contributed by atoms with E-state index in [4.69, 9.17) is 21.1 Å². The Morgan fingerprint density at radius 3 is 2.74 bits per heavy atom. The summed E-state index contributed by atoms with van der Waals surface area (Å²) < 4.78 is 11.2. The highest BCUT2D eigenvalue weighted by Gasteiger charge is 2.45. The molecule has 2 N–H and O–H groups in total. The first-order valence-electron chi connectivity index (χ1n) is 15.4. The molecule has 43 heavy (non-hydrogen) atoms. The minimum Gasteiger partial charge on any atom is -0.490 e. The molecule has 2 fully saturated rings. The van der Waals surface area contributed by atoms with Gasteiger partial charge in [-0.05, 0) is 112 Å². The molecule has 0 spiro atoms. The Kier molecular flexibility index (Phi) is 11.2. The molecule has 0 atom stereocenters. The molecule has 0 saturated heterocycles. The van der Waals surface area contributed by atoms with Gasteiger partial charge in [-0.2, -0.15) is 0 Å². The van der Waals surface area contributed by atoms with E-state index in [9.17, 15) is 4.79 Å². The number of benzene rings is 2. The second-order valence-electron chi connectivity index (χ2n) is 11.4. The van der Waals surface area contributed by atoms with Gasteiger partial charge in [-0.3, -0.25) is 4.98 Å². The number of pyridine rings is 1. The number of nitrogens with zero attached hydrogens (tertiary/aromatic N) is 2. The summed E-state index contributed by atoms with van der Waals surface area (Å²) in [6.45, 7) is 5.30. The minimum absolute atomic E-state index is 0.110. The summed E-state index contributed by atoms with van der Waals surface area (Å²) in [6.07, 6.45) is 10.5. The summed E-state index contributed by atoms with van der Waals surface area (Å²) >= 11 is 8.55. The molecule has 230 valence electrons. The molecule has 2 aliphatic rings. The van der Waals surface area contributed by atoms with Crippen molar-refractivity contribution < 1.29 is 14.3 Å². The second-order valence-corrected chi connectivity index (χ2v) is 13.0. The van der Waals surface area contributed by atoms with Crippen LogP contribution in [0.25, 0.3) is 11.1 Å². The van der Waals surface area contributed by atoms with E-state index >= 15 is 0 Å². The van der Waals surface area contributed by atoms with E-state index in [0.29, 0.717) is 25.8 Å². The third-order valence-electron chi connectivity index (χ3n) is 7.96. The largest absolute Gasteiger partial charge is 0.490 e. The molecule has 1 amide bonds. The minimum atomic E-state index is -0.348. The zero-order valence-electron chi connectivity index (χ0n) is 25.2. The first-order valence-corrected chi connectivity index (χ1v) is 16.8. The average Bonchev–Trinajstić information content (AvgIpc) is 3.95. The van der Waals surface area contributed by atoms with E-state index in [2.05, 4.69) is 64.0 Å². The molecule has 0 unspecified atom stereocenters. The van der Waals surface area contributed by atoms with Crippen LogP contribution >= 0.6 is 23.4 Å². The van der Waals surface area contributed by atoms with Gasteiger partial charge in [0.2, 0.25) is 0 Å². The van der Waals surface area contributed by atoms with E-state index in [1.165, 1.54) is 16.0 Å². The number of ether oxygens (including phenoxy) is 2. The number of halogens is 1. The summed E-state index contributed by atoms with van der Waals surface area (Å²) in [4.78, 5) is 19.4. The number of para-hydroxylation sites is 1. The van der Waals surface area contributed by atoms with Crippen molar-refractivity contribution in [2.45, 2.75) is 68.5 Å². The predicted octanol–water partition coefficient (Wildman–Crippen LogP) is 7.27. The fourth-order valence-electron chi connectivity index (χ4n) is 5.19. The summed E-state index contributed by atoms with van der Waals surface area (Å²) in [7, 11) is 2.08. The SMILES string of the molecule is CCOC(=O)NCCN(C)CCCCSc1ccc(Cl)c(CNC2(c3cnccc3-c3ccccc3OC3CC3)CC2)c1. The third-order valence-corrected chi connectivity index (χ3v) is 9.41. The number of alkyl carbamates (subject to hydrolysis) is 1. The van der Waals surface area contributed by atoms with Crippen molar-refractivity contribution in [3.05, 3.63) is 77.1 Å². The van der Waals surface area contributed by atoms with E-state index in [1.807, 2.05) is 36.3 Å². The van der Waals surface area contributed by atoms with Gasteiger partial charge < -0.3 is 25.0 Å². The molecule has 2 aromatic carbocycles. The molecule has 3 aromatic rings. The van der Waals surface area contributed by atoms with Crippen molar-refractivity contribution in [3.63, 3.8) is 0 Å². The normalized spacial score (nSPS) is 15.3. The van der Waals surface area contributed by atoms with Gasteiger partial charge in [0.05, 0.1) is 12.7 Å². The third kappa shape index (κ3) is 9.11. The van der Waals surface area contributed by atoms with Gasteiger partial charge in [0.15, 0.2) is 0 Å². The van der Waals surface area contributed by atoms with E-state index in [0.717, 1.165) is 79.3 Å². The Bertz CT molecular complexity index is 1360. The van der Waals surface area contributed by atoms with Crippen LogP contribution in [0.2, 0.25) is 5.02 Å². The van der Waals surface area contributed by atoms with E-state index in [-0.39, 0.29) is 11.6 Å². The molecule has 0 radical (unpaired) electrons. The van der Waals surface area contributed by atoms with Gasteiger partial charge in [-0.1, -0.05) is 29.8 Å². The lowest BCUT2D eigenvalue weighted by Gasteiger charge is -2.23. The molecule has 7 nitrogen and oxygen atoms in total. The Morgan fingerprint density at radius 2 is 1.95 bits per heavy atom. The van der Waals surface area contributed by atoms with Crippen LogP contribution < -0.4 is 15.4 Å². The fourth-order valence-corrected chi connectivity index (χ4v) is 6.35. The Morgan fingerprint density at radius 1 is 1.12 bits per heavy atom. The van der Waals surface area contributed by atoms with Crippen molar-refractivity contribution >= 4 is 29.5 Å². The average molecular weight is 623 g/mol. The summed E-state index contributed by atoms with van der Waals surface area (Å²) in [5.41, 5.74) is 4.56. The van der Waals surface area contributed by atoms with Gasteiger partial charge in [-0.25, -0.2) is 4.79 Å². The highest BCUT2D eigenvalue weighted by atomic mass is 35.5. The van der Waals surface area contributed by atoms with Crippen LogP contribution in [-0.4, -0.2) is 61.1 Å². The number of unbranched alkanes of at least 4 members (excludes halogenated alkanes) is 1. The van der Waals surface area contributed by atoms with Gasteiger partial charge in [0.1, 0.15) is 5.75 Å². The Labute approximate surface area is 265 Å². The highest BCUT2D eigenvalue weighted by Crippen LogP contribution is 2.50. The van der Waals surface area contributed by atoms with Gasteiger partial charge >= 0.3 is 6.09 Å². The summed E-state index contributed by atoms with van der Waals surface area (Å²) in [6, 6.07) is 16.9. The molecule has 0 aliphatic heterocycles. The smallest absolute Gasteiger partial charge is 0.407 e. The number of carbonyl (C=O) groups excluding carboxylic acids is 1. The number of amides is 1. The summed E-state index contributed by atoms with van der Waals surface area (Å²) in [5.74, 6) is 2.01. The van der Waals surface area contributed by atoms with Gasteiger partial charge in [0, 0.05) is 53.0 Å². The number of hydrogen-bond acceptors (Lipinski definition) is 7. The zero-order chi connectivity index (χ0) is 30.1. The first-order chi connectivity index (χ1) is 21.0. The number of likely N-dealkylation sites (N-methyl/N-ethyl adjacent to an activating group) is 1. The molecular formula is C34H43ClN4O3S. The van der Waals surface area contributed by atoms with Crippen LogP contribution in [0.5, 0.6) is 5.75 Å². The molecule has 5 rings (SSSR count). The lowest BCUT2D eigenvalue weighted by atomic mass is 9.94. The molecule has 0 bridgehead atoms. The number of nitrogens with one attached hydrogen (secondary N) is 2. The number of rotatable bonds is 17. The summed E-state index contributed by atoms with van der Waals surface area (Å²) in [5, 5.41) is 7.42. The van der Waals surface area contributed by atoms with Crippen LogP contribution in [0.3, 0.4) is 0 Å². The number of thioether (sulfide) groups is 1. The lowest BCUT2D eigenvalue weighted by Crippen LogP contribution is -2.33. The molecular weight excluding hydrogens is 580 g/mol. The van der Waals surface area contributed by atoms with Crippen molar-refractivity contribution in [2.75, 3.05) is 39.0 Å². The predicted molar refractivity (Wildman–Crippen MR) is 175 cm³/mol.